The second-order valence-corrected chi connectivity index (χ2v) is 5.68. The number of nitrogens with zero attached hydrogens (tertiary/aromatic N) is 2. The van der Waals surface area contributed by atoms with Crippen molar-refractivity contribution in [2.45, 2.75) is 23.1 Å². The molecule has 0 saturated carbocycles. The average molecular weight is 313 g/mol. The highest BCUT2D eigenvalue weighted by Crippen LogP contribution is 2.31. The summed E-state index contributed by atoms with van der Waals surface area (Å²) in [5.74, 6) is 0. The summed E-state index contributed by atoms with van der Waals surface area (Å²) in [7, 11) is 1.97. The van der Waals surface area contributed by atoms with Crippen LogP contribution >= 0.6 is 27.7 Å². The van der Waals surface area contributed by atoms with Crippen LogP contribution in [0.15, 0.2) is 45.1 Å². The maximum atomic E-state index is 9.54. The first-order valence-electron chi connectivity index (χ1n) is 5.20. The van der Waals surface area contributed by atoms with Gasteiger partial charge in [0.05, 0.1) is 6.10 Å². The van der Waals surface area contributed by atoms with E-state index < -0.39 is 6.10 Å². The van der Waals surface area contributed by atoms with Gasteiger partial charge < -0.3 is 9.67 Å². The normalized spacial score (nSPS) is 12.7. The number of aromatic nitrogens is 2. The molecule has 1 aromatic heterocycles. The number of hydrogen-bond donors (Lipinski definition) is 1. The van der Waals surface area contributed by atoms with Gasteiger partial charge in [-0.2, -0.15) is 0 Å². The Balaban J connectivity index is 2.24. The van der Waals surface area contributed by atoms with Crippen LogP contribution in [-0.2, 0) is 7.05 Å². The lowest BCUT2D eigenvalue weighted by Gasteiger charge is -2.09. The lowest BCUT2D eigenvalue weighted by Crippen LogP contribution is -1.93. The third-order valence-electron chi connectivity index (χ3n) is 2.41. The van der Waals surface area contributed by atoms with E-state index in [9.17, 15) is 5.11 Å². The minimum Gasteiger partial charge on any atom is -0.389 e. The van der Waals surface area contributed by atoms with E-state index in [-0.39, 0.29) is 0 Å². The standard InChI is InChI=1S/C12H13BrN2OS/c1-8(16)10-4-3-9(7-11(10)13)17-12-14-5-6-15(12)2/h3-8,16H,1-2H3/t8-/m0/s1. The molecule has 1 atom stereocenters. The summed E-state index contributed by atoms with van der Waals surface area (Å²) in [5, 5.41) is 10.5. The van der Waals surface area contributed by atoms with Crippen molar-refractivity contribution in [1.82, 2.24) is 9.55 Å². The molecule has 1 aromatic carbocycles. The summed E-state index contributed by atoms with van der Waals surface area (Å²) in [4.78, 5) is 5.35. The van der Waals surface area contributed by atoms with Crippen LogP contribution in [0.1, 0.15) is 18.6 Å². The predicted octanol–water partition coefficient (Wildman–Crippen LogP) is 3.39. The molecule has 0 saturated heterocycles. The monoisotopic (exact) mass is 312 g/mol. The van der Waals surface area contributed by atoms with Crippen LogP contribution < -0.4 is 0 Å². The highest BCUT2D eigenvalue weighted by molar-refractivity contribution is 9.10. The number of halogens is 1. The van der Waals surface area contributed by atoms with Gasteiger partial charge in [-0.25, -0.2) is 4.98 Å². The minimum absolute atomic E-state index is 0.461. The fourth-order valence-corrected chi connectivity index (χ4v) is 3.17. The maximum Gasteiger partial charge on any atom is 0.172 e. The lowest BCUT2D eigenvalue weighted by atomic mass is 10.1. The molecular weight excluding hydrogens is 300 g/mol. The Labute approximate surface area is 113 Å². The highest BCUT2D eigenvalue weighted by Gasteiger charge is 2.08. The van der Waals surface area contributed by atoms with Crippen molar-refractivity contribution in [2.24, 2.45) is 7.05 Å². The highest BCUT2D eigenvalue weighted by atomic mass is 79.9. The van der Waals surface area contributed by atoms with Crippen molar-refractivity contribution in [3.63, 3.8) is 0 Å². The SMILES string of the molecule is C[C@H](O)c1ccc(Sc2nccn2C)cc1Br. The Morgan fingerprint density at radius 2 is 2.24 bits per heavy atom. The van der Waals surface area contributed by atoms with Crippen molar-refractivity contribution >= 4 is 27.7 Å². The molecule has 0 amide bonds. The Morgan fingerprint density at radius 3 is 2.76 bits per heavy atom. The zero-order chi connectivity index (χ0) is 12.4. The number of aliphatic hydroxyl groups excluding tert-OH is 1. The molecule has 0 aliphatic heterocycles. The molecule has 2 aromatic rings. The van der Waals surface area contributed by atoms with Crippen molar-refractivity contribution in [1.29, 1.82) is 0 Å². The molecule has 5 heteroatoms. The first kappa shape index (κ1) is 12.7. The van der Waals surface area contributed by atoms with Gasteiger partial charge in [0.2, 0.25) is 0 Å². The second kappa shape index (κ2) is 5.25. The van der Waals surface area contributed by atoms with E-state index >= 15 is 0 Å². The van der Waals surface area contributed by atoms with E-state index in [0.29, 0.717) is 0 Å². The Morgan fingerprint density at radius 1 is 1.47 bits per heavy atom. The van der Waals surface area contributed by atoms with Gasteiger partial charge in [-0.15, -0.1) is 0 Å². The number of imidazole rings is 1. The van der Waals surface area contributed by atoms with E-state index in [0.717, 1.165) is 20.1 Å². The van der Waals surface area contributed by atoms with E-state index in [1.165, 1.54) is 0 Å². The molecule has 17 heavy (non-hydrogen) atoms. The summed E-state index contributed by atoms with van der Waals surface area (Å²) < 4.78 is 2.90. The molecule has 0 spiro atoms. The third kappa shape index (κ3) is 2.91. The first-order chi connectivity index (χ1) is 8.08. The Bertz CT molecular complexity index is 525. The summed E-state index contributed by atoms with van der Waals surface area (Å²) >= 11 is 5.07. The van der Waals surface area contributed by atoms with Crippen LogP contribution in [0.25, 0.3) is 0 Å². The fourth-order valence-electron chi connectivity index (χ4n) is 1.47. The number of rotatable bonds is 3. The number of benzene rings is 1. The number of aryl methyl sites for hydroxylation is 1. The molecule has 90 valence electrons. The maximum absolute atomic E-state index is 9.54. The molecular formula is C12H13BrN2OS. The van der Waals surface area contributed by atoms with Crippen LogP contribution in [0, 0.1) is 0 Å². The van der Waals surface area contributed by atoms with Crippen LogP contribution in [-0.4, -0.2) is 14.7 Å². The topological polar surface area (TPSA) is 38.1 Å². The molecule has 0 unspecified atom stereocenters. The summed E-state index contributed by atoms with van der Waals surface area (Å²) in [6.45, 7) is 1.76. The smallest absolute Gasteiger partial charge is 0.172 e. The van der Waals surface area contributed by atoms with Crippen molar-refractivity contribution in [2.75, 3.05) is 0 Å². The van der Waals surface area contributed by atoms with Crippen LogP contribution in [0.2, 0.25) is 0 Å². The summed E-state index contributed by atoms with van der Waals surface area (Å²) in [5.41, 5.74) is 0.897. The van der Waals surface area contributed by atoms with Gasteiger partial charge >= 0.3 is 0 Å². The van der Waals surface area contributed by atoms with Gasteiger partial charge in [0.1, 0.15) is 0 Å². The van der Waals surface area contributed by atoms with Gasteiger partial charge in [0, 0.05) is 28.8 Å². The molecule has 2 rings (SSSR count). The molecule has 1 heterocycles. The first-order valence-corrected chi connectivity index (χ1v) is 6.81. The van der Waals surface area contributed by atoms with Gasteiger partial charge in [0.25, 0.3) is 0 Å². The largest absolute Gasteiger partial charge is 0.389 e. The van der Waals surface area contributed by atoms with E-state index in [1.54, 1.807) is 24.9 Å². The lowest BCUT2D eigenvalue weighted by molar-refractivity contribution is 0.198. The van der Waals surface area contributed by atoms with Crippen LogP contribution in [0.3, 0.4) is 0 Å². The number of aliphatic hydroxyl groups is 1. The molecule has 0 radical (unpaired) electrons. The quantitative estimate of drug-likeness (QED) is 0.944. The average Bonchev–Trinajstić information content (AvgIpc) is 2.64. The molecule has 0 bridgehead atoms. The van der Waals surface area contributed by atoms with E-state index in [1.807, 2.05) is 36.0 Å². The predicted molar refractivity (Wildman–Crippen MR) is 72.1 cm³/mol. The molecule has 1 N–H and O–H groups in total. The molecule has 0 aliphatic carbocycles. The second-order valence-electron chi connectivity index (χ2n) is 3.78. The van der Waals surface area contributed by atoms with E-state index in [4.69, 9.17) is 0 Å². The molecule has 0 fully saturated rings. The van der Waals surface area contributed by atoms with E-state index in [2.05, 4.69) is 20.9 Å². The number of hydrogen-bond acceptors (Lipinski definition) is 3. The van der Waals surface area contributed by atoms with Crippen molar-refractivity contribution in [3.05, 3.63) is 40.6 Å². The van der Waals surface area contributed by atoms with Gasteiger partial charge in [0.15, 0.2) is 5.16 Å². The van der Waals surface area contributed by atoms with Gasteiger partial charge in [-0.1, -0.05) is 33.8 Å². The summed E-state index contributed by atoms with van der Waals surface area (Å²) in [6.07, 6.45) is 3.24. The zero-order valence-electron chi connectivity index (χ0n) is 9.59. The third-order valence-corrected chi connectivity index (χ3v) is 4.16. The molecule has 3 nitrogen and oxygen atoms in total. The zero-order valence-corrected chi connectivity index (χ0v) is 12.0. The molecule has 0 aliphatic rings. The van der Waals surface area contributed by atoms with Crippen LogP contribution in [0.5, 0.6) is 0 Å². The fraction of sp³-hybridized carbons (Fsp3) is 0.250. The Kier molecular flexibility index (Phi) is 3.91. The minimum atomic E-state index is -0.461. The summed E-state index contributed by atoms with van der Waals surface area (Å²) in [6, 6.07) is 5.92. The van der Waals surface area contributed by atoms with Gasteiger partial charge in [-0.3, -0.25) is 0 Å². The van der Waals surface area contributed by atoms with Gasteiger partial charge in [-0.05, 0) is 24.6 Å². The Hall–Kier alpha value is -0.780. The van der Waals surface area contributed by atoms with Crippen LogP contribution in [0.4, 0.5) is 0 Å². The van der Waals surface area contributed by atoms with Crippen molar-refractivity contribution < 1.29 is 5.11 Å². The van der Waals surface area contributed by atoms with Crippen molar-refractivity contribution in [3.8, 4) is 0 Å².